The van der Waals surface area contributed by atoms with Crippen molar-refractivity contribution in [2.75, 3.05) is 0 Å². The van der Waals surface area contributed by atoms with Crippen LogP contribution in [0.15, 0.2) is 40.9 Å². The van der Waals surface area contributed by atoms with Gasteiger partial charge in [0.1, 0.15) is 11.2 Å². The minimum Gasteiger partial charge on any atom is -0.435 e. The fraction of sp³-hybridized carbons (Fsp3) is 0.267. The molecule has 0 aliphatic carbocycles. The molecule has 3 rings (SSSR count). The molecule has 18 heavy (non-hydrogen) atoms. The highest BCUT2D eigenvalue weighted by Crippen LogP contribution is 2.31. The zero-order chi connectivity index (χ0) is 12.8. The zero-order valence-corrected chi connectivity index (χ0v) is 10.8. The number of aromatic amines is 1. The quantitative estimate of drug-likeness (QED) is 0.695. The molecule has 0 aliphatic rings. The number of fused-ring (bicyclic) bond motifs is 1. The lowest BCUT2D eigenvalue weighted by molar-refractivity contribution is 0.593. The minimum absolute atomic E-state index is 0.0589. The Labute approximate surface area is 106 Å². The number of benzene rings is 1. The number of hydrogen-bond donors (Lipinski definition) is 1. The number of hydrogen-bond acceptors (Lipinski definition) is 2. The molecule has 92 valence electrons. The smallest absolute Gasteiger partial charge is 0.244 e. The summed E-state index contributed by atoms with van der Waals surface area (Å²) in [6, 6.07) is 10.00. The van der Waals surface area contributed by atoms with Crippen LogP contribution in [-0.2, 0) is 5.41 Å². The van der Waals surface area contributed by atoms with E-state index in [0.717, 1.165) is 16.8 Å². The summed E-state index contributed by atoms with van der Waals surface area (Å²) in [6.07, 6.45) is 1.87. The fourth-order valence-corrected chi connectivity index (χ4v) is 2.13. The van der Waals surface area contributed by atoms with Crippen LogP contribution in [0.25, 0.3) is 22.7 Å². The first-order chi connectivity index (χ1) is 8.55. The monoisotopic (exact) mass is 240 g/mol. The molecule has 3 aromatic rings. The molecule has 0 atom stereocenters. The van der Waals surface area contributed by atoms with Crippen LogP contribution in [0.4, 0.5) is 0 Å². The average Bonchev–Trinajstić information content (AvgIpc) is 2.95. The fourth-order valence-electron chi connectivity index (χ4n) is 2.13. The van der Waals surface area contributed by atoms with Gasteiger partial charge in [0.15, 0.2) is 5.58 Å². The van der Waals surface area contributed by atoms with E-state index in [4.69, 9.17) is 4.42 Å². The maximum Gasteiger partial charge on any atom is 0.244 e. The summed E-state index contributed by atoms with van der Waals surface area (Å²) in [5.41, 5.74) is 3.97. The number of oxazole rings is 1. The van der Waals surface area contributed by atoms with Crippen molar-refractivity contribution in [3.63, 3.8) is 0 Å². The Balaban J connectivity index is 2.24. The highest BCUT2D eigenvalue weighted by molar-refractivity contribution is 5.80. The van der Waals surface area contributed by atoms with E-state index in [2.05, 4.69) is 36.8 Å². The first-order valence-electron chi connectivity index (χ1n) is 6.09. The SMILES string of the molecule is CC(C)(C)c1cccc2oc(-c3ccc[nH]3)nc12. The Bertz CT molecular complexity index is 672. The molecule has 1 N–H and O–H groups in total. The molecule has 0 amide bonds. The molecule has 0 saturated heterocycles. The van der Waals surface area contributed by atoms with Crippen LogP contribution in [-0.4, -0.2) is 9.97 Å². The van der Waals surface area contributed by atoms with Gasteiger partial charge in [-0.2, -0.15) is 0 Å². The van der Waals surface area contributed by atoms with Gasteiger partial charge in [-0.3, -0.25) is 0 Å². The molecule has 1 aromatic carbocycles. The number of nitrogens with one attached hydrogen (secondary N) is 1. The molecule has 0 saturated carbocycles. The maximum absolute atomic E-state index is 5.81. The van der Waals surface area contributed by atoms with E-state index in [-0.39, 0.29) is 5.41 Å². The molecule has 0 bridgehead atoms. The standard InChI is InChI=1S/C15H16N2O/c1-15(2,3)10-6-4-8-12-13(10)17-14(18-12)11-7-5-9-16-11/h4-9,16H,1-3H3. The van der Waals surface area contributed by atoms with Gasteiger partial charge < -0.3 is 9.40 Å². The van der Waals surface area contributed by atoms with Gasteiger partial charge in [0.2, 0.25) is 5.89 Å². The summed E-state index contributed by atoms with van der Waals surface area (Å²) in [5, 5.41) is 0. The normalized spacial score (nSPS) is 12.2. The zero-order valence-electron chi connectivity index (χ0n) is 10.8. The predicted octanol–water partition coefficient (Wildman–Crippen LogP) is 4.12. The molecule has 0 unspecified atom stereocenters. The van der Waals surface area contributed by atoms with Crippen LogP contribution in [0.5, 0.6) is 0 Å². The average molecular weight is 240 g/mol. The van der Waals surface area contributed by atoms with Crippen molar-refractivity contribution in [1.82, 2.24) is 9.97 Å². The van der Waals surface area contributed by atoms with Crippen LogP contribution in [0.3, 0.4) is 0 Å². The molecular weight excluding hydrogens is 224 g/mol. The summed E-state index contributed by atoms with van der Waals surface area (Å²) in [5.74, 6) is 0.645. The van der Waals surface area contributed by atoms with Gasteiger partial charge in [-0.05, 0) is 29.2 Å². The number of rotatable bonds is 1. The van der Waals surface area contributed by atoms with Crippen LogP contribution in [0.1, 0.15) is 26.3 Å². The first-order valence-corrected chi connectivity index (χ1v) is 6.09. The van der Waals surface area contributed by atoms with Crippen LogP contribution >= 0.6 is 0 Å². The van der Waals surface area contributed by atoms with E-state index in [1.807, 2.05) is 30.5 Å². The third kappa shape index (κ3) is 1.72. The summed E-state index contributed by atoms with van der Waals surface area (Å²) in [6.45, 7) is 6.56. The van der Waals surface area contributed by atoms with Crippen molar-refractivity contribution in [2.45, 2.75) is 26.2 Å². The third-order valence-corrected chi connectivity index (χ3v) is 3.06. The van der Waals surface area contributed by atoms with Gasteiger partial charge in [-0.15, -0.1) is 0 Å². The Morgan fingerprint density at radius 1 is 1.11 bits per heavy atom. The Morgan fingerprint density at radius 3 is 2.61 bits per heavy atom. The second-order valence-corrected chi connectivity index (χ2v) is 5.51. The van der Waals surface area contributed by atoms with Gasteiger partial charge >= 0.3 is 0 Å². The number of nitrogens with zero attached hydrogens (tertiary/aromatic N) is 1. The van der Waals surface area contributed by atoms with Crippen molar-refractivity contribution >= 4 is 11.1 Å². The summed E-state index contributed by atoms with van der Waals surface area (Å²) < 4.78 is 5.81. The molecule has 3 heteroatoms. The Kier molecular flexibility index (Phi) is 2.30. The number of H-pyrrole nitrogens is 1. The molecule has 0 aliphatic heterocycles. The number of para-hydroxylation sites is 1. The van der Waals surface area contributed by atoms with Crippen LogP contribution in [0.2, 0.25) is 0 Å². The minimum atomic E-state index is 0.0589. The summed E-state index contributed by atoms with van der Waals surface area (Å²) in [4.78, 5) is 7.74. The Hall–Kier alpha value is -2.03. The van der Waals surface area contributed by atoms with E-state index >= 15 is 0 Å². The van der Waals surface area contributed by atoms with E-state index in [1.165, 1.54) is 5.56 Å². The van der Waals surface area contributed by atoms with Gasteiger partial charge in [0.25, 0.3) is 0 Å². The van der Waals surface area contributed by atoms with E-state index < -0.39 is 0 Å². The maximum atomic E-state index is 5.81. The van der Waals surface area contributed by atoms with Crippen LogP contribution in [0, 0.1) is 0 Å². The second kappa shape index (κ2) is 3.73. The van der Waals surface area contributed by atoms with Crippen molar-refractivity contribution < 1.29 is 4.42 Å². The van der Waals surface area contributed by atoms with E-state index in [0.29, 0.717) is 5.89 Å². The lowest BCUT2D eigenvalue weighted by Crippen LogP contribution is -2.11. The van der Waals surface area contributed by atoms with Crippen molar-refractivity contribution in [2.24, 2.45) is 0 Å². The Morgan fingerprint density at radius 2 is 1.94 bits per heavy atom. The molecule has 0 fully saturated rings. The number of aromatic nitrogens is 2. The molecule has 0 spiro atoms. The van der Waals surface area contributed by atoms with E-state index in [1.54, 1.807) is 0 Å². The van der Waals surface area contributed by atoms with Crippen molar-refractivity contribution in [1.29, 1.82) is 0 Å². The van der Waals surface area contributed by atoms with Gasteiger partial charge in [-0.1, -0.05) is 32.9 Å². The molecule has 3 nitrogen and oxygen atoms in total. The van der Waals surface area contributed by atoms with Crippen molar-refractivity contribution in [3.8, 4) is 11.6 Å². The third-order valence-electron chi connectivity index (χ3n) is 3.06. The van der Waals surface area contributed by atoms with E-state index in [9.17, 15) is 0 Å². The summed E-state index contributed by atoms with van der Waals surface area (Å²) in [7, 11) is 0. The lowest BCUT2D eigenvalue weighted by Gasteiger charge is -2.18. The topological polar surface area (TPSA) is 41.8 Å². The lowest BCUT2D eigenvalue weighted by atomic mass is 9.86. The largest absolute Gasteiger partial charge is 0.435 e. The molecular formula is C15H16N2O. The molecule has 2 heterocycles. The van der Waals surface area contributed by atoms with Gasteiger partial charge in [0.05, 0.1) is 0 Å². The highest BCUT2D eigenvalue weighted by Gasteiger charge is 2.20. The van der Waals surface area contributed by atoms with Crippen LogP contribution < -0.4 is 0 Å². The van der Waals surface area contributed by atoms with Gasteiger partial charge in [0, 0.05) is 6.20 Å². The summed E-state index contributed by atoms with van der Waals surface area (Å²) >= 11 is 0. The first kappa shape index (κ1) is 11.1. The predicted molar refractivity (Wildman–Crippen MR) is 72.5 cm³/mol. The van der Waals surface area contributed by atoms with Crippen molar-refractivity contribution in [3.05, 3.63) is 42.1 Å². The second-order valence-electron chi connectivity index (χ2n) is 5.51. The highest BCUT2D eigenvalue weighted by atomic mass is 16.3. The molecule has 0 radical (unpaired) electrons. The molecule has 2 aromatic heterocycles. The van der Waals surface area contributed by atoms with Gasteiger partial charge in [-0.25, -0.2) is 4.98 Å².